The fraction of sp³-hybridized carbons (Fsp3) is 0.375. The number of hydrogen-bond acceptors (Lipinski definition) is 9. The molecule has 1 aliphatic rings. The van der Waals surface area contributed by atoms with Crippen LogP contribution in [0.2, 0.25) is 0 Å². The minimum Gasteiger partial charge on any atom is -0.497 e. The van der Waals surface area contributed by atoms with Crippen molar-refractivity contribution in [1.29, 1.82) is 0 Å². The van der Waals surface area contributed by atoms with Crippen molar-refractivity contribution < 1.29 is 32.5 Å². The lowest BCUT2D eigenvalue weighted by Crippen LogP contribution is -2.53. The zero-order valence-corrected chi connectivity index (χ0v) is 25.3. The standard InChI is InChI=1S/C32H39N3O7S/c1-3-4-19-33-35-31(37)32(18-22-43(38,39)28-12-6-5-7-13-28)29(25-10-8-11-27(23-25)40-2)42-30(34-32)24-14-16-26(17-15-24)41-21-9-20-36/h5-8,10-17,23,29,33,36H,3-4,9,18-22H2,1-2H3,(H,35,37)/t29-,32-/m0/s1. The lowest BCUT2D eigenvalue weighted by Gasteiger charge is -2.30. The van der Waals surface area contributed by atoms with Gasteiger partial charge in [0, 0.05) is 31.6 Å². The number of ether oxygens (including phenoxy) is 3. The predicted molar refractivity (Wildman–Crippen MR) is 164 cm³/mol. The largest absolute Gasteiger partial charge is 0.497 e. The second kappa shape index (κ2) is 15.0. The topological polar surface area (TPSA) is 136 Å². The normalized spacial score (nSPS) is 18.0. The Balaban J connectivity index is 1.75. The van der Waals surface area contributed by atoms with Gasteiger partial charge in [0.05, 0.1) is 24.4 Å². The zero-order valence-electron chi connectivity index (χ0n) is 24.5. The smallest absolute Gasteiger partial charge is 0.266 e. The summed E-state index contributed by atoms with van der Waals surface area (Å²) >= 11 is 0. The summed E-state index contributed by atoms with van der Waals surface area (Å²) in [5.74, 6) is 0.538. The molecule has 3 aromatic rings. The molecule has 0 unspecified atom stereocenters. The number of aliphatic hydroxyl groups is 1. The first-order valence-corrected chi connectivity index (χ1v) is 16.0. The fourth-order valence-corrected chi connectivity index (χ4v) is 6.11. The molecule has 11 heteroatoms. The molecule has 0 fully saturated rings. The molecule has 0 saturated heterocycles. The van der Waals surface area contributed by atoms with E-state index in [0.717, 1.165) is 12.8 Å². The summed E-state index contributed by atoms with van der Waals surface area (Å²) in [5, 5.41) is 9.02. The first-order chi connectivity index (χ1) is 20.8. The molecule has 1 heterocycles. The van der Waals surface area contributed by atoms with Crippen LogP contribution in [-0.2, 0) is 19.4 Å². The van der Waals surface area contributed by atoms with Crippen molar-refractivity contribution in [1.82, 2.24) is 10.9 Å². The fourth-order valence-electron chi connectivity index (χ4n) is 4.73. The maximum atomic E-state index is 14.1. The summed E-state index contributed by atoms with van der Waals surface area (Å²) in [4.78, 5) is 19.1. The molecule has 0 saturated carbocycles. The van der Waals surface area contributed by atoms with Crippen molar-refractivity contribution in [2.24, 2.45) is 4.99 Å². The average molecular weight is 610 g/mol. The quantitative estimate of drug-likeness (QED) is 0.164. The van der Waals surface area contributed by atoms with Crippen molar-refractivity contribution in [3.8, 4) is 11.5 Å². The highest BCUT2D eigenvalue weighted by atomic mass is 32.2. The number of nitrogens with one attached hydrogen (secondary N) is 2. The van der Waals surface area contributed by atoms with E-state index < -0.39 is 27.4 Å². The van der Waals surface area contributed by atoms with E-state index in [2.05, 4.69) is 10.9 Å². The van der Waals surface area contributed by atoms with Gasteiger partial charge in [-0.25, -0.2) is 18.8 Å². The lowest BCUT2D eigenvalue weighted by atomic mass is 9.85. The molecule has 1 aliphatic heterocycles. The van der Waals surface area contributed by atoms with Gasteiger partial charge in [-0.1, -0.05) is 43.7 Å². The van der Waals surface area contributed by atoms with Gasteiger partial charge < -0.3 is 19.3 Å². The van der Waals surface area contributed by atoms with Crippen LogP contribution in [0.1, 0.15) is 49.8 Å². The Bertz CT molecular complexity index is 1480. The number of aliphatic imine (C=N–C) groups is 1. The highest BCUT2D eigenvalue weighted by molar-refractivity contribution is 7.91. The first kappa shape index (κ1) is 32.0. The molecular weight excluding hydrogens is 570 g/mol. The minimum absolute atomic E-state index is 0.0336. The Labute approximate surface area is 253 Å². The van der Waals surface area contributed by atoms with Gasteiger partial charge in [-0.05, 0) is 60.5 Å². The number of carbonyl (C=O) groups is 1. The Kier molecular flexibility index (Phi) is 11.2. The van der Waals surface area contributed by atoms with Crippen LogP contribution >= 0.6 is 0 Å². The summed E-state index contributed by atoms with van der Waals surface area (Å²) in [7, 11) is -2.20. The van der Waals surface area contributed by atoms with Crippen molar-refractivity contribution in [2.45, 2.75) is 49.1 Å². The number of hydrazine groups is 1. The highest BCUT2D eigenvalue weighted by Gasteiger charge is 2.53. The molecule has 1 amide bonds. The van der Waals surface area contributed by atoms with Crippen LogP contribution in [0.4, 0.5) is 0 Å². The second-order valence-electron chi connectivity index (χ2n) is 10.2. The number of aliphatic hydroxyl groups excluding tert-OH is 1. The zero-order chi connectivity index (χ0) is 30.7. The van der Waals surface area contributed by atoms with Gasteiger partial charge in [0.25, 0.3) is 5.91 Å². The van der Waals surface area contributed by atoms with Gasteiger partial charge in [-0.2, -0.15) is 0 Å². The number of carbonyl (C=O) groups excluding carboxylic acids is 1. The Morgan fingerprint density at radius 1 is 1.02 bits per heavy atom. The van der Waals surface area contributed by atoms with Gasteiger partial charge in [0.15, 0.2) is 21.5 Å². The summed E-state index contributed by atoms with van der Waals surface area (Å²) in [6.07, 6.45) is 1.19. The Morgan fingerprint density at radius 2 is 1.79 bits per heavy atom. The number of nitrogens with zero attached hydrogens (tertiary/aromatic N) is 1. The molecule has 4 rings (SSSR count). The summed E-state index contributed by atoms with van der Waals surface area (Å²) in [5.41, 5.74) is 5.32. The summed E-state index contributed by atoms with van der Waals surface area (Å²) in [6.45, 7) is 2.99. The van der Waals surface area contributed by atoms with Crippen molar-refractivity contribution in [3.05, 3.63) is 90.0 Å². The van der Waals surface area contributed by atoms with E-state index in [0.29, 0.717) is 42.2 Å². The summed E-state index contributed by atoms with van der Waals surface area (Å²) in [6, 6.07) is 22.3. The van der Waals surface area contributed by atoms with Gasteiger partial charge in [-0.15, -0.1) is 0 Å². The Hall–Kier alpha value is -3.93. The van der Waals surface area contributed by atoms with Crippen molar-refractivity contribution >= 4 is 21.6 Å². The minimum atomic E-state index is -3.75. The molecule has 10 nitrogen and oxygen atoms in total. The van der Waals surface area contributed by atoms with E-state index in [1.165, 1.54) is 12.1 Å². The SMILES string of the molecule is CCCCNNC(=O)[C@@]1(CCS(=O)(=O)c2ccccc2)N=C(c2ccc(OCCCO)cc2)O[C@H]1c1cccc(OC)c1. The van der Waals surface area contributed by atoms with Crippen molar-refractivity contribution in [2.75, 3.05) is 32.6 Å². The molecule has 3 aromatic carbocycles. The number of sulfone groups is 1. The van der Waals surface area contributed by atoms with E-state index in [1.807, 2.05) is 13.0 Å². The highest BCUT2D eigenvalue weighted by Crippen LogP contribution is 2.43. The lowest BCUT2D eigenvalue weighted by molar-refractivity contribution is -0.130. The third-order valence-electron chi connectivity index (χ3n) is 7.14. The molecule has 0 bridgehead atoms. The van der Waals surface area contributed by atoms with E-state index in [1.54, 1.807) is 67.8 Å². The van der Waals surface area contributed by atoms with Gasteiger partial charge in [-0.3, -0.25) is 10.2 Å². The monoisotopic (exact) mass is 609 g/mol. The molecule has 43 heavy (non-hydrogen) atoms. The number of hydrogen-bond donors (Lipinski definition) is 3. The number of methoxy groups -OCH3 is 1. The number of amides is 1. The molecular formula is C32H39N3O7S. The molecule has 2 atom stereocenters. The molecule has 0 aliphatic carbocycles. The van der Waals surface area contributed by atoms with Gasteiger partial charge >= 0.3 is 0 Å². The molecule has 3 N–H and O–H groups in total. The van der Waals surface area contributed by atoms with Crippen LogP contribution in [0.5, 0.6) is 11.5 Å². The Morgan fingerprint density at radius 3 is 2.49 bits per heavy atom. The number of unbranched alkanes of at least 4 members (excludes halogenated alkanes) is 1. The van der Waals surface area contributed by atoms with Gasteiger partial charge in [0.1, 0.15) is 11.5 Å². The van der Waals surface area contributed by atoms with E-state index in [-0.39, 0.29) is 29.6 Å². The van der Waals surface area contributed by atoms with Crippen LogP contribution in [0.15, 0.2) is 88.8 Å². The first-order valence-electron chi connectivity index (χ1n) is 14.4. The second-order valence-corrected chi connectivity index (χ2v) is 12.3. The molecule has 0 radical (unpaired) electrons. The van der Waals surface area contributed by atoms with E-state index in [9.17, 15) is 13.2 Å². The molecule has 230 valence electrons. The van der Waals surface area contributed by atoms with E-state index in [4.69, 9.17) is 24.3 Å². The van der Waals surface area contributed by atoms with Crippen LogP contribution in [0.3, 0.4) is 0 Å². The van der Waals surface area contributed by atoms with E-state index >= 15 is 0 Å². The number of rotatable bonds is 16. The average Bonchev–Trinajstić information content (AvgIpc) is 3.44. The maximum absolute atomic E-state index is 14.1. The van der Waals surface area contributed by atoms with Crippen LogP contribution in [0.25, 0.3) is 0 Å². The summed E-state index contributed by atoms with van der Waals surface area (Å²) < 4.78 is 44.3. The van der Waals surface area contributed by atoms with Crippen LogP contribution in [0, 0.1) is 0 Å². The third-order valence-corrected chi connectivity index (χ3v) is 8.87. The van der Waals surface area contributed by atoms with Gasteiger partial charge in [0.2, 0.25) is 5.90 Å². The third kappa shape index (κ3) is 7.92. The predicted octanol–water partition coefficient (Wildman–Crippen LogP) is 4.00. The maximum Gasteiger partial charge on any atom is 0.266 e. The number of benzene rings is 3. The van der Waals surface area contributed by atoms with Crippen LogP contribution < -0.4 is 20.3 Å². The van der Waals surface area contributed by atoms with Crippen LogP contribution in [-0.4, -0.2) is 63.5 Å². The van der Waals surface area contributed by atoms with Crippen molar-refractivity contribution in [3.63, 3.8) is 0 Å². The molecule has 0 aromatic heterocycles. The molecule has 0 spiro atoms.